The largest absolute Gasteiger partial charge is 0.455 e. The van der Waals surface area contributed by atoms with Crippen LogP contribution in [0.1, 0.15) is 38.6 Å². The van der Waals surface area contributed by atoms with Gasteiger partial charge in [0.15, 0.2) is 11.4 Å². The van der Waals surface area contributed by atoms with E-state index in [0.29, 0.717) is 45.8 Å². The molecule has 1 saturated carbocycles. The molecule has 1 aliphatic carbocycles. The van der Waals surface area contributed by atoms with Gasteiger partial charge in [-0.2, -0.15) is 5.10 Å². The second-order valence-corrected chi connectivity index (χ2v) is 11.1. The summed E-state index contributed by atoms with van der Waals surface area (Å²) < 4.78 is 8.09. The standard InChI is InChI=1S/C32H36N8O3/c1-3-28(42)36-26-19-22(9-14-27(26)43-25-7-5-4-6-8-25)30-29-31(33)34-20-35-32(29)40(37-30)24-12-10-23(11-13-24)39-17-15-38(16-18-39)21(2)41/h3-9,14,19-20,23-24H,1,10-13,15-18H2,2H3,(H,36,42)(H2,33,34,35). The lowest BCUT2D eigenvalue weighted by atomic mass is 9.90. The van der Waals surface area contributed by atoms with Crippen LogP contribution in [-0.4, -0.2) is 73.6 Å². The number of hydrogen-bond donors (Lipinski definition) is 2. The first-order valence-electron chi connectivity index (χ1n) is 14.7. The number of aromatic nitrogens is 4. The lowest BCUT2D eigenvalue weighted by Crippen LogP contribution is -2.52. The van der Waals surface area contributed by atoms with Gasteiger partial charge in [-0.1, -0.05) is 24.8 Å². The van der Waals surface area contributed by atoms with Crippen LogP contribution in [0.5, 0.6) is 11.5 Å². The van der Waals surface area contributed by atoms with Crippen LogP contribution >= 0.6 is 0 Å². The molecule has 11 heteroatoms. The van der Waals surface area contributed by atoms with E-state index in [9.17, 15) is 9.59 Å². The first-order chi connectivity index (χ1) is 20.9. The smallest absolute Gasteiger partial charge is 0.247 e. The minimum Gasteiger partial charge on any atom is -0.455 e. The summed E-state index contributed by atoms with van der Waals surface area (Å²) in [6.45, 7) is 8.65. The maximum Gasteiger partial charge on any atom is 0.247 e. The van der Waals surface area contributed by atoms with E-state index in [1.807, 2.05) is 58.1 Å². The molecule has 6 rings (SSSR count). The van der Waals surface area contributed by atoms with Gasteiger partial charge in [0, 0.05) is 44.7 Å². The Kier molecular flexibility index (Phi) is 8.06. The number of anilines is 2. The molecule has 4 aromatic rings. The monoisotopic (exact) mass is 580 g/mol. The summed E-state index contributed by atoms with van der Waals surface area (Å²) in [5.41, 5.74) is 8.99. The van der Waals surface area contributed by atoms with Gasteiger partial charge in [0.05, 0.1) is 17.1 Å². The van der Waals surface area contributed by atoms with Crippen molar-refractivity contribution in [2.45, 2.75) is 44.7 Å². The third kappa shape index (κ3) is 5.94. The van der Waals surface area contributed by atoms with Crippen LogP contribution in [0.15, 0.2) is 67.5 Å². The number of nitrogens with two attached hydrogens (primary N) is 1. The molecule has 1 aliphatic heterocycles. The Morgan fingerprint density at radius 1 is 1.00 bits per heavy atom. The number of hydrogen-bond acceptors (Lipinski definition) is 8. The Labute approximate surface area is 250 Å². The Morgan fingerprint density at radius 3 is 2.42 bits per heavy atom. The number of rotatable bonds is 7. The van der Waals surface area contributed by atoms with E-state index in [-0.39, 0.29) is 17.9 Å². The normalized spacial score (nSPS) is 19.2. The molecule has 0 atom stereocenters. The summed E-state index contributed by atoms with van der Waals surface area (Å²) in [5, 5.41) is 8.61. The number of nitrogens with one attached hydrogen (secondary N) is 1. The fourth-order valence-corrected chi connectivity index (χ4v) is 6.19. The van der Waals surface area contributed by atoms with Crippen LogP contribution in [0.3, 0.4) is 0 Å². The predicted octanol–water partition coefficient (Wildman–Crippen LogP) is 4.64. The van der Waals surface area contributed by atoms with Crippen molar-refractivity contribution < 1.29 is 14.3 Å². The molecule has 3 N–H and O–H groups in total. The number of carbonyl (C=O) groups is 2. The van der Waals surface area contributed by atoms with E-state index < -0.39 is 0 Å². The number of benzene rings is 2. The van der Waals surface area contributed by atoms with Crippen molar-refractivity contribution in [3.8, 4) is 22.8 Å². The Morgan fingerprint density at radius 2 is 1.72 bits per heavy atom. The summed E-state index contributed by atoms with van der Waals surface area (Å²) in [6, 6.07) is 15.6. The summed E-state index contributed by atoms with van der Waals surface area (Å²) >= 11 is 0. The highest BCUT2D eigenvalue weighted by Gasteiger charge is 2.31. The molecule has 0 bridgehead atoms. The van der Waals surface area contributed by atoms with Gasteiger partial charge in [0.25, 0.3) is 0 Å². The average molecular weight is 581 g/mol. The molecule has 2 aromatic heterocycles. The molecule has 2 aromatic carbocycles. The SMILES string of the molecule is C=CC(=O)Nc1cc(-c2nn(C3CCC(N4CCN(C(C)=O)CC4)CC3)c3ncnc(N)c23)ccc1Oc1ccccc1. The van der Waals surface area contributed by atoms with Gasteiger partial charge in [-0.3, -0.25) is 14.5 Å². The van der Waals surface area contributed by atoms with Crippen molar-refractivity contribution in [1.29, 1.82) is 0 Å². The zero-order chi connectivity index (χ0) is 29.9. The number of nitrogens with zero attached hydrogens (tertiary/aromatic N) is 6. The second kappa shape index (κ2) is 12.2. The zero-order valence-electron chi connectivity index (χ0n) is 24.3. The van der Waals surface area contributed by atoms with E-state index >= 15 is 0 Å². The summed E-state index contributed by atoms with van der Waals surface area (Å²) in [7, 11) is 0. The van der Waals surface area contributed by atoms with Crippen molar-refractivity contribution in [2.24, 2.45) is 0 Å². The molecular weight excluding hydrogens is 544 g/mol. The first-order valence-corrected chi connectivity index (χ1v) is 14.7. The average Bonchev–Trinajstić information content (AvgIpc) is 3.43. The fraction of sp³-hybridized carbons (Fsp3) is 0.344. The lowest BCUT2D eigenvalue weighted by Gasteiger charge is -2.41. The highest BCUT2D eigenvalue weighted by molar-refractivity contribution is 6.02. The van der Waals surface area contributed by atoms with Crippen LogP contribution in [0.2, 0.25) is 0 Å². The van der Waals surface area contributed by atoms with E-state index in [4.69, 9.17) is 15.6 Å². The number of nitrogen functional groups attached to an aromatic ring is 1. The number of ether oxygens (including phenoxy) is 1. The molecule has 2 fully saturated rings. The quantitative estimate of drug-likeness (QED) is 0.302. The molecule has 3 heterocycles. The van der Waals surface area contributed by atoms with Crippen molar-refractivity contribution in [2.75, 3.05) is 37.2 Å². The van der Waals surface area contributed by atoms with Gasteiger partial charge in [-0.15, -0.1) is 0 Å². The highest BCUT2D eigenvalue weighted by atomic mass is 16.5. The summed E-state index contributed by atoms with van der Waals surface area (Å²) in [5.74, 6) is 1.28. The molecule has 2 aliphatic rings. The number of piperazine rings is 1. The number of fused-ring (bicyclic) bond motifs is 1. The predicted molar refractivity (Wildman–Crippen MR) is 166 cm³/mol. The van der Waals surface area contributed by atoms with Crippen LogP contribution in [0.4, 0.5) is 11.5 Å². The fourth-order valence-electron chi connectivity index (χ4n) is 6.19. The van der Waals surface area contributed by atoms with E-state index in [2.05, 4.69) is 26.8 Å². The molecule has 0 spiro atoms. The summed E-state index contributed by atoms with van der Waals surface area (Å²) in [4.78, 5) is 37.4. The maximum atomic E-state index is 12.3. The Balaban J connectivity index is 1.28. The van der Waals surface area contributed by atoms with Gasteiger partial charge < -0.3 is 20.7 Å². The Bertz CT molecular complexity index is 1640. The van der Waals surface area contributed by atoms with Crippen LogP contribution in [0, 0.1) is 0 Å². The van der Waals surface area contributed by atoms with Crippen LogP contribution in [-0.2, 0) is 9.59 Å². The third-order valence-corrected chi connectivity index (χ3v) is 8.47. The van der Waals surface area contributed by atoms with E-state index in [1.54, 1.807) is 6.92 Å². The third-order valence-electron chi connectivity index (χ3n) is 8.47. The van der Waals surface area contributed by atoms with Crippen molar-refractivity contribution >= 4 is 34.4 Å². The maximum absolute atomic E-state index is 12.3. The first kappa shape index (κ1) is 28.4. The van der Waals surface area contributed by atoms with Gasteiger partial charge >= 0.3 is 0 Å². The lowest BCUT2D eigenvalue weighted by molar-refractivity contribution is -0.131. The molecular formula is C32H36N8O3. The molecule has 43 heavy (non-hydrogen) atoms. The minimum atomic E-state index is -0.354. The van der Waals surface area contributed by atoms with Crippen molar-refractivity contribution in [3.05, 3.63) is 67.5 Å². The summed E-state index contributed by atoms with van der Waals surface area (Å²) in [6.07, 6.45) is 6.71. The number of amides is 2. The molecule has 222 valence electrons. The zero-order valence-corrected chi connectivity index (χ0v) is 24.3. The molecule has 11 nitrogen and oxygen atoms in total. The van der Waals surface area contributed by atoms with Gasteiger partial charge in [-0.25, -0.2) is 14.6 Å². The van der Waals surface area contributed by atoms with Gasteiger partial charge in [-0.05, 0) is 62.1 Å². The van der Waals surface area contributed by atoms with Gasteiger partial charge in [0.1, 0.15) is 23.6 Å². The van der Waals surface area contributed by atoms with Crippen LogP contribution in [0.25, 0.3) is 22.3 Å². The molecule has 0 unspecified atom stereocenters. The second-order valence-electron chi connectivity index (χ2n) is 11.1. The molecule has 1 saturated heterocycles. The molecule has 2 amide bonds. The van der Waals surface area contributed by atoms with Crippen LogP contribution < -0.4 is 15.8 Å². The number of para-hydroxylation sites is 1. The Hall–Kier alpha value is -4.77. The van der Waals surface area contributed by atoms with E-state index in [1.165, 1.54) is 12.4 Å². The number of carbonyl (C=O) groups excluding carboxylic acids is 2. The minimum absolute atomic E-state index is 0.152. The van der Waals surface area contributed by atoms with Crippen molar-refractivity contribution in [1.82, 2.24) is 29.5 Å². The van der Waals surface area contributed by atoms with E-state index in [0.717, 1.165) is 57.4 Å². The molecule has 0 radical (unpaired) electrons. The van der Waals surface area contributed by atoms with Crippen molar-refractivity contribution in [3.63, 3.8) is 0 Å². The topological polar surface area (TPSA) is 132 Å². The van der Waals surface area contributed by atoms with Gasteiger partial charge in [0.2, 0.25) is 11.8 Å². The highest BCUT2D eigenvalue weighted by Crippen LogP contribution is 2.39.